The zero-order valence-electron chi connectivity index (χ0n) is 11.0. The van der Waals surface area contributed by atoms with Crippen LogP contribution >= 0.6 is 15.9 Å². The molecule has 0 radical (unpaired) electrons. The third-order valence-corrected chi connectivity index (χ3v) is 4.41. The zero-order chi connectivity index (χ0) is 13.2. The Balaban J connectivity index is 2.28. The highest BCUT2D eigenvalue weighted by atomic mass is 79.9. The first-order valence-electron chi connectivity index (χ1n) is 6.42. The van der Waals surface area contributed by atoms with Crippen LogP contribution in [0.15, 0.2) is 22.7 Å². The minimum Gasteiger partial charge on any atom is -0.334 e. The van der Waals surface area contributed by atoms with Gasteiger partial charge in [0.15, 0.2) is 0 Å². The van der Waals surface area contributed by atoms with Crippen LogP contribution in [0.2, 0.25) is 0 Å². The van der Waals surface area contributed by atoms with E-state index in [2.05, 4.69) is 48.1 Å². The fourth-order valence-corrected chi connectivity index (χ4v) is 3.04. The van der Waals surface area contributed by atoms with Gasteiger partial charge in [-0.05, 0) is 18.6 Å². The molecule has 1 aromatic rings. The number of piperazine rings is 1. The van der Waals surface area contributed by atoms with Crippen molar-refractivity contribution in [3.8, 4) is 0 Å². The summed E-state index contributed by atoms with van der Waals surface area (Å²) >= 11 is 3.54. The van der Waals surface area contributed by atoms with Crippen LogP contribution in [0.1, 0.15) is 12.5 Å². The van der Waals surface area contributed by atoms with E-state index in [4.69, 9.17) is 0 Å². The topological polar surface area (TPSA) is 20.3 Å². The lowest BCUT2D eigenvalue weighted by atomic mass is 10.1. The minimum atomic E-state index is 0.846. The maximum atomic E-state index is 10.8. The molecule has 3 nitrogen and oxygen atoms in total. The van der Waals surface area contributed by atoms with Crippen LogP contribution in [0.5, 0.6) is 0 Å². The molecule has 0 bridgehead atoms. The van der Waals surface area contributed by atoms with E-state index in [0.29, 0.717) is 0 Å². The van der Waals surface area contributed by atoms with Gasteiger partial charge in [-0.1, -0.05) is 22.9 Å². The molecule has 2 rings (SSSR count). The Morgan fingerprint density at radius 2 is 2.06 bits per heavy atom. The second-order valence-electron chi connectivity index (χ2n) is 5.11. The molecule has 1 saturated heterocycles. The molecule has 0 aromatic heterocycles. The predicted octanol–water partition coefficient (Wildman–Crippen LogP) is 2.42. The normalized spacial score (nSPS) is 18.7. The maximum absolute atomic E-state index is 10.8. The van der Waals surface area contributed by atoms with E-state index in [1.807, 2.05) is 4.90 Å². The van der Waals surface area contributed by atoms with Crippen molar-refractivity contribution < 1.29 is 4.79 Å². The van der Waals surface area contributed by atoms with Crippen molar-refractivity contribution in [1.82, 2.24) is 9.38 Å². The van der Waals surface area contributed by atoms with Gasteiger partial charge >= 0.3 is 0 Å². The Morgan fingerprint density at radius 3 is 2.61 bits per heavy atom. The van der Waals surface area contributed by atoms with Gasteiger partial charge in [0, 0.05) is 16.1 Å². The second-order valence-corrected chi connectivity index (χ2v) is 6.03. The van der Waals surface area contributed by atoms with Gasteiger partial charge < -0.3 is 4.90 Å². The van der Waals surface area contributed by atoms with Gasteiger partial charge in [0.05, 0.1) is 20.1 Å². The summed E-state index contributed by atoms with van der Waals surface area (Å²) in [5.74, 6) is 0. The highest BCUT2D eigenvalue weighted by Gasteiger charge is 2.32. The quantitative estimate of drug-likeness (QED) is 0.620. The summed E-state index contributed by atoms with van der Waals surface area (Å²) in [5.41, 5.74) is 2.79. The predicted molar refractivity (Wildman–Crippen MR) is 78.6 cm³/mol. The molecule has 4 heteroatoms. The number of hydrogen-bond acceptors (Lipinski definition) is 1. The van der Waals surface area contributed by atoms with Crippen LogP contribution in [-0.2, 0) is 11.2 Å². The average molecular weight is 312 g/mol. The molecule has 0 atom stereocenters. The van der Waals surface area contributed by atoms with Crippen LogP contribution < -0.4 is 4.48 Å². The molecule has 0 saturated carbocycles. The smallest absolute Gasteiger partial charge is 0.210 e. The molecule has 1 aliphatic heterocycles. The van der Waals surface area contributed by atoms with Crippen LogP contribution in [0.25, 0.3) is 0 Å². The summed E-state index contributed by atoms with van der Waals surface area (Å²) < 4.78 is 2.07. The first-order valence-corrected chi connectivity index (χ1v) is 7.21. The first kappa shape index (κ1) is 13.6. The Kier molecular flexibility index (Phi) is 4.07. The molecule has 0 spiro atoms. The number of hydrogen-bond donors (Lipinski definition) is 0. The number of carbonyl (C=O) groups excluding carboxylic acids is 1. The second kappa shape index (κ2) is 5.41. The van der Waals surface area contributed by atoms with E-state index in [1.54, 1.807) is 0 Å². The fourth-order valence-electron chi connectivity index (χ4n) is 2.63. The van der Waals surface area contributed by atoms with Crippen molar-refractivity contribution in [3.05, 3.63) is 28.2 Å². The maximum Gasteiger partial charge on any atom is 0.210 e. The number of halogens is 1. The molecule has 0 aliphatic carbocycles. The summed E-state index contributed by atoms with van der Waals surface area (Å²) in [6.07, 6.45) is 2.01. The van der Waals surface area contributed by atoms with E-state index < -0.39 is 0 Å². The molecular formula is C14H20BrN2O+. The summed E-state index contributed by atoms with van der Waals surface area (Å²) in [5, 5.41) is 0. The lowest BCUT2D eigenvalue weighted by molar-refractivity contribution is -0.119. The fraction of sp³-hybridized carbons (Fsp3) is 0.500. The van der Waals surface area contributed by atoms with Crippen LogP contribution in [0.4, 0.5) is 5.69 Å². The van der Waals surface area contributed by atoms with Crippen molar-refractivity contribution in [1.29, 1.82) is 0 Å². The molecular weight excluding hydrogens is 292 g/mol. The van der Waals surface area contributed by atoms with Crippen LogP contribution in [0, 0.1) is 0 Å². The van der Waals surface area contributed by atoms with Gasteiger partial charge in [-0.3, -0.25) is 9.28 Å². The van der Waals surface area contributed by atoms with Crippen molar-refractivity contribution in [2.24, 2.45) is 0 Å². The third kappa shape index (κ3) is 2.59. The largest absolute Gasteiger partial charge is 0.334 e. The van der Waals surface area contributed by atoms with Gasteiger partial charge in [0.1, 0.15) is 18.8 Å². The number of rotatable bonds is 3. The molecule has 1 aromatic carbocycles. The highest BCUT2D eigenvalue weighted by molar-refractivity contribution is 9.10. The molecule has 0 unspecified atom stereocenters. The minimum absolute atomic E-state index is 0.846. The zero-order valence-corrected chi connectivity index (χ0v) is 12.6. The number of benzene rings is 1. The number of nitrogens with zero attached hydrogens (tertiary/aromatic N) is 2. The summed E-state index contributed by atoms with van der Waals surface area (Å²) in [7, 11) is 2.27. The number of amides is 1. The third-order valence-electron chi connectivity index (χ3n) is 3.91. The SMILES string of the molecule is CCc1cc(Br)ccc1[N+]1(C)CCN(C=O)CC1. The van der Waals surface area contributed by atoms with Gasteiger partial charge in [0.25, 0.3) is 0 Å². The molecule has 1 amide bonds. The molecule has 1 heterocycles. The molecule has 0 N–H and O–H groups in total. The monoisotopic (exact) mass is 311 g/mol. The average Bonchev–Trinajstić information content (AvgIpc) is 2.39. The summed E-state index contributed by atoms with van der Waals surface area (Å²) in [4.78, 5) is 12.7. The number of likely N-dealkylation sites (N-methyl/N-ethyl adjacent to an activating group) is 1. The first-order chi connectivity index (χ1) is 8.59. The Bertz CT molecular complexity index is 439. The van der Waals surface area contributed by atoms with Gasteiger partial charge in [-0.2, -0.15) is 0 Å². The van der Waals surface area contributed by atoms with Crippen molar-refractivity contribution in [3.63, 3.8) is 0 Å². The van der Waals surface area contributed by atoms with E-state index in [1.165, 1.54) is 11.3 Å². The molecule has 1 fully saturated rings. The van der Waals surface area contributed by atoms with Gasteiger partial charge in [-0.15, -0.1) is 0 Å². The van der Waals surface area contributed by atoms with E-state index >= 15 is 0 Å². The standard InChI is InChI=1S/C14H20BrN2O/c1-3-12-10-13(15)4-5-14(12)17(2)8-6-16(11-18)7-9-17/h4-5,10-11H,3,6-9H2,1-2H3/q+1. The van der Waals surface area contributed by atoms with Crippen LogP contribution in [0.3, 0.4) is 0 Å². The molecule has 98 valence electrons. The van der Waals surface area contributed by atoms with Crippen molar-refractivity contribution in [2.75, 3.05) is 33.2 Å². The Labute approximate surface area is 117 Å². The lowest BCUT2D eigenvalue weighted by Gasteiger charge is -2.41. The van der Waals surface area contributed by atoms with E-state index in [-0.39, 0.29) is 0 Å². The number of aryl methyl sites for hydroxylation is 1. The highest BCUT2D eigenvalue weighted by Crippen LogP contribution is 2.30. The van der Waals surface area contributed by atoms with Crippen LogP contribution in [-0.4, -0.2) is 44.5 Å². The van der Waals surface area contributed by atoms with Gasteiger partial charge in [-0.25, -0.2) is 0 Å². The van der Waals surface area contributed by atoms with E-state index in [0.717, 1.165) is 48.0 Å². The van der Waals surface area contributed by atoms with Gasteiger partial charge in [0.2, 0.25) is 6.41 Å². The number of quaternary nitrogens is 1. The summed E-state index contributed by atoms with van der Waals surface area (Å²) in [6.45, 7) is 5.87. The summed E-state index contributed by atoms with van der Waals surface area (Å²) in [6, 6.07) is 6.55. The molecule has 1 aliphatic rings. The Morgan fingerprint density at radius 1 is 1.39 bits per heavy atom. The van der Waals surface area contributed by atoms with Crippen molar-refractivity contribution >= 4 is 28.0 Å². The lowest BCUT2D eigenvalue weighted by Crippen LogP contribution is -2.58. The van der Waals surface area contributed by atoms with Crippen molar-refractivity contribution in [2.45, 2.75) is 13.3 Å². The molecule has 18 heavy (non-hydrogen) atoms. The Hall–Kier alpha value is -0.870. The number of carbonyl (C=O) groups is 1. The van der Waals surface area contributed by atoms with E-state index in [9.17, 15) is 4.79 Å².